The van der Waals surface area contributed by atoms with Crippen molar-refractivity contribution in [2.45, 2.75) is 40.8 Å². The minimum Gasteiger partial charge on any atom is -0.383 e. The summed E-state index contributed by atoms with van der Waals surface area (Å²) in [7, 11) is 0. The van der Waals surface area contributed by atoms with E-state index in [0.29, 0.717) is 42.4 Å². The van der Waals surface area contributed by atoms with E-state index in [1.807, 2.05) is 18.4 Å². The van der Waals surface area contributed by atoms with E-state index in [9.17, 15) is 9.59 Å². The zero-order valence-electron chi connectivity index (χ0n) is 17.0. The van der Waals surface area contributed by atoms with Gasteiger partial charge in [0.25, 0.3) is 5.91 Å². The van der Waals surface area contributed by atoms with Crippen LogP contribution in [0.1, 0.15) is 47.3 Å². The number of hydrogen-bond acceptors (Lipinski definition) is 5. The summed E-state index contributed by atoms with van der Waals surface area (Å²) >= 11 is 0. The van der Waals surface area contributed by atoms with E-state index in [1.54, 1.807) is 22.9 Å². The topological polar surface area (TPSA) is 120 Å². The van der Waals surface area contributed by atoms with Gasteiger partial charge in [0.1, 0.15) is 5.69 Å². The Morgan fingerprint density at radius 2 is 2.07 bits per heavy atom. The molecule has 0 saturated carbocycles. The molecule has 0 unspecified atom stereocenters. The maximum Gasteiger partial charge on any atom is 0.276 e. The average molecular weight is 395 g/mol. The van der Waals surface area contributed by atoms with Crippen molar-refractivity contribution in [1.82, 2.24) is 19.3 Å². The van der Waals surface area contributed by atoms with E-state index in [-0.39, 0.29) is 11.3 Å². The summed E-state index contributed by atoms with van der Waals surface area (Å²) < 4.78 is 3.66. The number of carbonyl (C=O) groups excluding carboxylic acids is 2. The zero-order chi connectivity index (χ0) is 20.9. The van der Waals surface area contributed by atoms with Gasteiger partial charge in [-0.05, 0) is 32.0 Å². The Balaban J connectivity index is 1.83. The molecule has 9 heteroatoms. The van der Waals surface area contributed by atoms with Crippen LogP contribution in [0.3, 0.4) is 0 Å². The summed E-state index contributed by atoms with van der Waals surface area (Å²) in [5.41, 5.74) is 9.27. The Hall–Kier alpha value is -3.36. The van der Waals surface area contributed by atoms with Crippen LogP contribution in [0.15, 0.2) is 18.2 Å². The molecule has 29 heavy (non-hydrogen) atoms. The third-order valence-electron chi connectivity index (χ3n) is 5.13. The van der Waals surface area contributed by atoms with E-state index in [1.165, 1.54) is 0 Å². The number of nitrogens with one attached hydrogen (secondary N) is 2. The van der Waals surface area contributed by atoms with Gasteiger partial charge in [-0.1, -0.05) is 13.8 Å². The molecule has 1 aliphatic rings. The van der Waals surface area contributed by atoms with Crippen LogP contribution in [-0.2, 0) is 13.1 Å². The van der Waals surface area contributed by atoms with Crippen molar-refractivity contribution >= 4 is 34.5 Å². The zero-order valence-corrected chi connectivity index (χ0v) is 17.0. The summed E-state index contributed by atoms with van der Waals surface area (Å²) in [6.07, 6.45) is 0. The molecular weight excluding hydrogens is 370 g/mol. The number of imidazole rings is 1. The molecule has 3 heterocycles. The molecule has 4 N–H and O–H groups in total. The molecule has 4 rings (SSSR count). The number of aryl methyl sites for hydroxylation is 2. The molecule has 2 aromatic heterocycles. The van der Waals surface area contributed by atoms with Gasteiger partial charge < -0.3 is 15.6 Å². The number of primary amides is 1. The maximum absolute atomic E-state index is 13.0. The molecular formula is C20H25N7O2. The van der Waals surface area contributed by atoms with Crippen LogP contribution in [0.25, 0.3) is 11.0 Å². The second-order valence-electron chi connectivity index (χ2n) is 8.24. The first kappa shape index (κ1) is 19.0. The van der Waals surface area contributed by atoms with Crippen molar-refractivity contribution in [3.8, 4) is 0 Å². The Bertz CT molecular complexity index is 1140. The van der Waals surface area contributed by atoms with E-state index in [4.69, 9.17) is 5.73 Å². The fraction of sp³-hybridized carbons (Fsp3) is 0.400. The van der Waals surface area contributed by atoms with Crippen LogP contribution in [-0.4, -0.2) is 37.7 Å². The maximum atomic E-state index is 13.0. The third kappa shape index (κ3) is 3.32. The standard InChI is InChI=1S/C20H25N7O2/c1-5-27-15(6-11(2)25-27)18(29)24-19-23-14-8-12(17(21)28)7-13-16(14)26(19)10-20(3,4)9-22-13/h6-8,22H,5,9-10H2,1-4H3,(H2,21,28)(H,23,24,29). The van der Waals surface area contributed by atoms with Gasteiger partial charge in [0.2, 0.25) is 11.9 Å². The Kier molecular flexibility index (Phi) is 4.33. The van der Waals surface area contributed by atoms with Gasteiger partial charge in [-0.15, -0.1) is 0 Å². The smallest absolute Gasteiger partial charge is 0.276 e. The third-order valence-corrected chi connectivity index (χ3v) is 5.13. The number of carbonyl (C=O) groups is 2. The molecule has 0 fully saturated rings. The molecule has 0 saturated heterocycles. The van der Waals surface area contributed by atoms with Gasteiger partial charge in [-0.2, -0.15) is 5.10 Å². The van der Waals surface area contributed by atoms with Gasteiger partial charge in [-0.25, -0.2) is 4.98 Å². The predicted molar refractivity (Wildman–Crippen MR) is 111 cm³/mol. The molecule has 0 radical (unpaired) electrons. The van der Waals surface area contributed by atoms with Crippen molar-refractivity contribution in [1.29, 1.82) is 0 Å². The highest BCUT2D eigenvalue weighted by Gasteiger charge is 2.29. The SMILES string of the molecule is CCn1nc(C)cc1C(=O)Nc1nc2cc(C(N)=O)cc3c2n1CC(C)(C)CN3. The van der Waals surface area contributed by atoms with Crippen molar-refractivity contribution in [3.63, 3.8) is 0 Å². The summed E-state index contributed by atoms with van der Waals surface area (Å²) in [5, 5.41) is 10.7. The summed E-state index contributed by atoms with van der Waals surface area (Å²) in [4.78, 5) is 29.3. The number of rotatable bonds is 4. The van der Waals surface area contributed by atoms with E-state index < -0.39 is 5.91 Å². The number of aromatic nitrogens is 4. The van der Waals surface area contributed by atoms with Crippen LogP contribution in [0.5, 0.6) is 0 Å². The van der Waals surface area contributed by atoms with Crippen LogP contribution in [0, 0.1) is 12.3 Å². The molecule has 3 aromatic rings. The Morgan fingerprint density at radius 1 is 1.31 bits per heavy atom. The number of anilines is 2. The molecule has 9 nitrogen and oxygen atoms in total. The van der Waals surface area contributed by atoms with Gasteiger partial charge in [0, 0.05) is 30.6 Å². The van der Waals surface area contributed by atoms with Gasteiger partial charge >= 0.3 is 0 Å². The van der Waals surface area contributed by atoms with Crippen LogP contribution in [0.2, 0.25) is 0 Å². The van der Waals surface area contributed by atoms with Crippen molar-refractivity contribution < 1.29 is 9.59 Å². The second-order valence-corrected chi connectivity index (χ2v) is 8.24. The number of nitrogens with zero attached hydrogens (tertiary/aromatic N) is 4. The number of benzene rings is 1. The van der Waals surface area contributed by atoms with Crippen molar-refractivity contribution in [2.24, 2.45) is 11.1 Å². The first-order valence-corrected chi connectivity index (χ1v) is 9.62. The van der Waals surface area contributed by atoms with Crippen LogP contribution in [0.4, 0.5) is 11.6 Å². The van der Waals surface area contributed by atoms with Gasteiger partial charge in [-0.3, -0.25) is 19.6 Å². The molecule has 0 spiro atoms. The largest absolute Gasteiger partial charge is 0.383 e. The lowest BCUT2D eigenvalue weighted by atomic mass is 9.94. The highest BCUT2D eigenvalue weighted by atomic mass is 16.2. The Morgan fingerprint density at radius 3 is 2.76 bits per heavy atom. The van der Waals surface area contributed by atoms with Crippen molar-refractivity contribution in [2.75, 3.05) is 17.2 Å². The minimum atomic E-state index is -0.518. The highest BCUT2D eigenvalue weighted by molar-refractivity contribution is 6.05. The average Bonchev–Trinajstić information content (AvgIpc) is 3.15. The fourth-order valence-electron chi connectivity index (χ4n) is 3.75. The molecule has 2 amide bonds. The minimum absolute atomic E-state index is 0.0964. The summed E-state index contributed by atoms with van der Waals surface area (Å²) in [6.45, 7) is 10.0. The first-order chi connectivity index (χ1) is 13.7. The lowest BCUT2D eigenvalue weighted by Gasteiger charge is -2.24. The molecule has 1 aliphatic heterocycles. The molecule has 0 bridgehead atoms. The molecule has 152 valence electrons. The Labute approximate surface area is 168 Å². The predicted octanol–water partition coefficient (Wildman–Crippen LogP) is 2.36. The first-order valence-electron chi connectivity index (χ1n) is 9.62. The lowest BCUT2D eigenvalue weighted by Crippen LogP contribution is -2.27. The van der Waals surface area contributed by atoms with Gasteiger partial charge in [0.05, 0.1) is 22.4 Å². The molecule has 0 atom stereocenters. The van der Waals surface area contributed by atoms with E-state index in [2.05, 4.69) is 34.6 Å². The number of hydrogen-bond donors (Lipinski definition) is 3. The quantitative estimate of drug-likeness (QED) is 0.626. The van der Waals surface area contributed by atoms with Crippen molar-refractivity contribution in [3.05, 3.63) is 35.2 Å². The second kappa shape index (κ2) is 6.61. The van der Waals surface area contributed by atoms with E-state index >= 15 is 0 Å². The highest BCUT2D eigenvalue weighted by Crippen LogP contribution is 2.35. The van der Waals surface area contributed by atoms with Gasteiger partial charge in [0.15, 0.2) is 0 Å². The summed E-state index contributed by atoms with van der Waals surface area (Å²) in [6, 6.07) is 5.16. The monoisotopic (exact) mass is 395 g/mol. The van der Waals surface area contributed by atoms with Crippen LogP contribution >= 0.6 is 0 Å². The van der Waals surface area contributed by atoms with Crippen LogP contribution < -0.4 is 16.4 Å². The van der Waals surface area contributed by atoms with E-state index in [0.717, 1.165) is 16.9 Å². The molecule has 0 aliphatic carbocycles. The number of amides is 2. The lowest BCUT2D eigenvalue weighted by molar-refractivity contribution is 0.0996. The fourth-order valence-corrected chi connectivity index (χ4v) is 3.75. The summed E-state index contributed by atoms with van der Waals surface area (Å²) in [5.74, 6) is -0.354. The molecule has 1 aromatic carbocycles. The normalized spacial score (nSPS) is 15.0. The number of nitrogens with two attached hydrogens (primary N) is 1.